The third-order valence-electron chi connectivity index (χ3n) is 5.52. The van der Waals surface area contributed by atoms with Gasteiger partial charge in [0.15, 0.2) is 0 Å². The lowest BCUT2D eigenvalue weighted by atomic mass is 10.1. The van der Waals surface area contributed by atoms with E-state index in [-0.39, 0.29) is 17.8 Å². The van der Waals surface area contributed by atoms with Gasteiger partial charge in [-0.1, -0.05) is 48.0 Å². The van der Waals surface area contributed by atoms with E-state index >= 15 is 0 Å². The minimum absolute atomic E-state index is 0.0147. The standard InChI is InChI=1S/C25H25FN2O/c1-18-7-9-19(10-8-18)16-22-4-2-5-23(27-22)24-6-3-15-28(24)25(29)17-20-11-13-21(26)14-12-20/h2,4-5,7-14,24H,3,6,15-17H2,1H3. The van der Waals surface area contributed by atoms with Crippen LogP contribution >= 0.6 is 0 Å². The van der Waals surface area contributed by atoms with Crippen molar-refractivity contribution >= 4 is 5.91 Å². The number of aromatic nitrogens is 1. The number of nitrogens with zero attached hydrogens (tertiary/aromatic N) is 2. The highest BCUT2D eigenvalue weighted by Gasteiger charge is 2.30. The van der Waals surface area contributed by atoms with Crippen molar-refractivity contribution in [2.75, 3.05) is 6.54 Å². The third-order valence-corrected chi connectivity index (χ3v) is 5.52. The largest absolute Gasteiger partial charge is 0.334 e. The molecule has 1 saturated heterocycles. The third kappa shape index (κ3) is 4.70. The van der Waals surface area contributed by atoms with Crippen LogP contribution in [0, 0.1) is 12.7 Å². The van der Waals surface area contributed by atoms with Crippen molar-refractivity contribution < 1.29 is 9.18 Å². The molecular weight excluding hydrogens is 363 g/mol. The van der Waals surface area contributed by atoms with Gasteiger partial charge in [0.1, 0.15) is 5.82 Å². The van der Waals surface area contributed by atoms with Crippen LogP contribution < -0.4 is 0 Å². The van der Waals surface area contributed by atoms with E-state index < -0.39 is 0 Å². The van der Waals surface area contributed by atoms with E-state index in [2.05, 4.69) is 31.2 Å². The fourth-order valence-corrected chi connectivity index (χ4v) is 3.95. The van der Waals surface area contributed by atoms with E-state index in [9.17, 15) is 9.18 Å². The molecule has 4 heteroatoms. The monoisotopic (exact) mass is 388 g/mol. The first-order chi connectivity index (χ1) is 14.1. The maximum absolute atomic E-state index is 13.1. The maximum Gasteiger partial charge on any atom is 0.227 e. The lowest BCUT2D eigenvalue weighted by molar-refractivity contribution is -0.131. The van der Waals surface area contributed by atoms with E-state index in [1.165, 1.54) is 23.3 Å². The highest BCUT2D eigenvalue weighted by Crippen LogP contribution is 2.31. The highest BCUT2D eigenvalue weighted by atomic mass is 19.1. The summed E-state index contributed by atoms with van der Waals surface area (Å²) in [5.74, 6) is -0.209. The molecule has 0 spiro atoms. The normalized spacial score (nSPS) is 16.2. The second kappa shape index (κ2) is 8.56. The molecule has 0 saturated carbocycles. The van der Waals surface area contributed by atoms with Crippen LogP contribution in [0.5, 0.6) is 0 Å². The summed E-state index contributed by atoms with van der Waals surface area (Å²) in [4.78, 5) is 19.7. The van der Waals surface area contributed by atoms with E-state index in [1.54, 1.807) is 12.1 Å². The summed E-state index contributed by atoms with van der Waals surface area (Å²) in [5, 5.41) is 0. The Balaban J connectivity index is 1.48. The second-order valence-electron chi connectivity index (χ2n) is 7.76. The number of hydrogen-bond donors (Lipinski definition) is 0. The average molecular weight is 388 g/mol. The van der Waals surface area contributed by atoms with Crippen LogP contribution in [-0.2, 0) is 17.6 Å². The van der Waals surface area contributed by atoms with Gasteiger partial charge in [-0.05, 0) is 55.2 Å². The molecule has 4 rings (SSSR count). The zero-order valence-electron chi connectivity index (χ0n) is 16.6. The molecule has 2 heterocycles. The van der Waals surface area contributed by atoms with Gasteiger partial charge in [0.25, 0.3) is 0 Å². The molecule has 1 amide bonds. The molecular formula is C25H25FN2O. The molecule has 1 unspecified atom stereocenters. The Bertz CT molecular complexity index is 982. The van der Waals surface area contributed by atoms with Gasteiger partial charge in [-0.2, -0.15) is 0 Å². The number of benzene rings is 2. The van der Waals surface area contributed by atoms with Crippen molar-refractivity contribution in [3.8, 4) is 0 Å². The number of hydrogen-bond acceptors (Lipinski definition) is 2. The van der Waals surface area contributed by atoms with E-state index in [0.717, 1.165) is 42.8 Å². The summed E-state index contributed by atoms with van der Waals surface area (Å²) < 4.78 is 13.1. The van der Waals surface area contributed by atoms with Crippen molar-refractivity contribution in [1.29, 1.82) is 0 Å². The predicted octanol–water partition coefficient (Wildman–Crippen LogP) is 5.03. The molecule has 0 aliphatic carbocycles. The van der Waals surface area contributed by atoms with Crippen molar-refractivity contribution in [2.24, 2.45) is 0 Å². The molecule has 2 aromatic carbocycles. The summed E-state index contributed by atoms with van der Waals surface area (Å²) >= 11 is 0. The number of likely N-dealkylation sites (tertiary alicyclic amines) is 1. The van der Waals surface area contributed by atoms with Crippen molar-refractivity contribution in [3.05, 3.63) is 101 Å². The molecule has 1 fully saturated rings. The van der Waals surface area contributed by atoms with Gasteiger partial charge in [-0.3, -0.25) is 9.78 Å². The molecule has 3 aromatic rings. The first-order valence-corrected chi connectivity index (χ1v) is 10.1. The Hall–Kier alpha value is -3.01. The molecule has 1 aromatic heterocycles. The van der Waals surface area contributed by atoms with Gasteiger partial charge in [0.05, 0.1) is 18.2 Å². The fourth-order valence-electron chi connectivity index (χ4n) is 3.95. The van der Waals surface area contributed by atoms with Gasteiger partial charge >= 0.3 is 0 Å². The highest BCUT2D eigenvalue weighted by molar-refractivity contribution is 5.79. The van der Waals surface area contributed by atoms with E-state index in [1.807, 2.05) is 23.1 Å². The molecule has 29 heavy (non-hydrogen) atoms. The smallest absolute Gasteiger partial charge is 0.227 e. The molecule has 0 radical (unpaired) electrons. The SMILES string of the molecule is Cc1ccc(Cc2cccc(C3CCCN3C(=O)Cc3ccc(F)cc3)n2)cc1. The average Bonchev–Trinajstić information content (AvgIpc) is 3.22. The summed E-state index contributed by atoms with van der Waals surface area (Å²) in [6.45, 7) is 2.83. The number of pyridine rings is 1. The zero-order chi connectivity index (χ0) is 20.2. The summed E-state index contributed by atoms with van der Waals surface area (Å²) in [5.41, 5.74) is 5.29. The molecule has 1 aliphatic rings. The molecule has 1 atom stereocenters. The number of amides is 1. The maximum atomic E-state index is 13.1. The Morgan fingerprint density at radius 1 is 1.03 bits per heavy atom. The van der Waals surface area contributed by atoms with Gasteiger partial charge in [0.2, 0.25) is 5.91 Å². The Morgan fingerprint density at radius 3 is 2.52 bits per heavy atom. The molecule has 0 N–H and O–H groups in total. The minimum Gasteiger partial charge on any atom is -0.334 e. The number of rotatable bonds is 5. The minimum atomic E-state index is -0.283. The number of carbonyl (C=O) groups is 1. The number of carbonyl (C=O) groups excluding carboxylic acids is 1. The van der Waals surface area contributed by atoms with Crippen LogP contribution in [-0.4, -0.2) is 22.3 Å². The van der Waals surface area contributed by atoms with Crippen LogP contribution in [0.4, 0.5) is 4.39 Å². The van der Waals surface area contributed by atoms with Crippen molar-refractivity contribution in [3.63, 3.8) is 0 Å². The van der Waals surface area contributed by atoms with Crippen LogP contribution in [0.3, 0.4) is 0 Å². The van der Waals surface area contributed by atoms with Crippen LogP contribution in [0.2, 0.25) is 0 Å². The molecule has 1 aliphatic heterocycles. The quantitative estimate of drug-likeness (QED) is 0.614. The van der Waals surface area contributed by atoms with Crippen LogP contribution in [0.25, 0.3) is 0 Å². The zero-order valence-corrected chi connectivity index (χ0v) is 16.6. The number of aryl methyl sites for hydroxylation is 1. The van der Waals surface area contributed by atoms with Gasteiger partial charge in [-0.15, -0.1) is 0 Å². The summed E-state index contributed by atoms with van der Waals surface area (Å²) in [6.07, 6.45) is 2.98. The van der Waals surface area contributed by atoms with Gasteiger partial charge in [-0.25, -0.2) is 4.39 Å². The predicted molar refractivity (Wildman–Crippen MR) is 112 cm³/mol. The van der Waals surface area contributed by atoms with Crippen molar-refractivity contribution in [1.82, 2.24) is 9.88 Å². The lowest BCUT2D eigenvalue weighted by Crippen LogP contribution is -2.32. The van der Waals surface area contributed by atoms with Gasteiger partial charge < -0.3 is 4.90 Å². The Kier molecular flexibility index (Phi) is 5.70. The van der Waals surface area contributed by atoms with E-state index in [0.29, 0.717) is 6.42 Å². The van der Waals surface area contributed by atoms with Crippen LogP contribution in [0.15, 0.2) is 66.7 Å². The second-order valence-corrected chi connectivity index (χ2v) is 7.76. The molecule has 3 nitrogen and oxygen atoms in total. The van der Waals surface area contributed by atoms with Crippen molar-refractivity contribution in [2.45, 2.75) is 38.6 Å². The van der Waals surface area contributed by atoms with Crippen LogP contribution in [0.1, 0.15) is 47.0 Å². The first-order valence-electron chi connectivity index (χ1n) is 10.1. The molecule has 148 valence electrons. The molecule has 0 bridgehead atoms. The van der Waals surface area contributed by atoms with E-state index in [4.69, 9.17) is 4.98 Å². The van der Waals surface area contributed by atoms with Gasteiger partial charge in [0, 0.05) is 18.7 Å². The Labute approximate surface area is 171 Å². The first kappa shape index (κ1) is 19.3. The topological polar surface area (TPSA) is 33.2 Å². The fraction of sp³-hybridized carbons (Fsp3) is 0.280. The number of halogens is 1. The lowest BCUT2D eigenvalue weighted by Gasteiger charge is -2.25. The summed E-state index contributed by atoms with van der Waals surface area (Å²) in [7, 11) is 0. The Morgan fingerprint density at radius 2 is 1.76 bits per heavy atom. The summed E-state index contributed by atoms with van der Waals surface area (Å²) in [6, 6.07) is 20.8.